The zero-order valence-corrected chi connectivity index (χ0v) is 12.3. The van der Waals surface area contributed by atoms with Gasteiger partial charge < -0.3 is 9.84 Å². The van der Waals surface area contributed by atoms with Crippen LogP contribution in [0.4, 0.5) is 0 Å². The largest absolute Gasteiger partial charge is 0.339 e. The van der Waals surface area contributed by atoms with Crippen molar-refractivity contribution in [3.8, 4) is 10.7 Å². The first kappa shape index (κ1) is 12.3. The lowest BCUT2D eigenvalue weighted by molar-refractivity contribution is 0.365. The lowest BCUT2D eigenvalue weighted by Crippen LogP contribution is -2.09. The van der Waals surface area contributed by atoms with Gasteiger partial charge in [-0.2, -0.15) is 4.98 Å². The molecule has 4 nitrogen and oxygen atoms in total. The van der Waals surface area contributed by atoms with E-state index >= 15 is 0 Å². The highest BCUT2D eigenvalue weighted by Crippen LogP contribution is 2.29. The Morgan fingerprint density at radius 1 is 1.50 bits per heavy atom. The summed E-state index contributed by atoms with van der Waals surface area (Å²) in [4.78, 5) is 5.49. The molecule has 0 aliphatic carbocycles. The van der Waals surface area contributed by atoms with Crippen LogP contribution in [0.2, 0.25) is 0 Å². The van der Waals surface area contributed by atoms with Gasteiger partial charge in [0, 0.05) is 6.42 Å². The standard InChI is InChI=1S/C12H14BrN3OS/c13-10-3-2-9(18-10)12-15-11(17-16-12)4-1-8-5-6-14-7-8/h2-3,8,14H,1,4-7H2. The molecule has 1 atom stereocenters. The van der Waals surface area contributed by atoms with E-state index in [4.69, 9.17) is 4.52 Å². The summed E-state index contributed by atoms with van der Waals surface area (Å²) in [6.07, 6.45) is 3.27. The molecule has 1 aliphatic rings. The van der Waals surface area contributed by atoms with Crippen LogP contribution in [0, 0.1) is 5.92 Å². The molecule has 2 aromatic heterocycles. The molecule has 0 aromatic carbocycles. The van der Waals surface area contributed by atoms with E-state index in [-0.39, 0.29) is 0 Å². The van der Waals surface area contributed by atoms with Gasteiger partial charge in [-0.1, -0.05) is 5.16 Å². The van der Waals surface area contributed by atoms with Crippen molar-refractivity contribution in [3.05, 3.63) is 21.8 Å². The summed E-state index contributed by atoms with van der Waals surface area (Å²) in [5, 5.41) is 7.41. The summed E-state index contributed by atoms with van der Waals surface area (Å²) in [6.45, 7) is 2.27. The van der Waals surface area contributed by atoms with Crippen molar-refractivity contribution in [1.29, 1.82) is 0 Å². The maximum Gasteiger partial charge on any atom is 0.226 e. The topological polar surface area (TPSA) is 51.0 Å². The molecule has 0 spiro atoms. The van der Waals surface area contributed by atoms with E-state index < -0.39 is 0 Å². The van der Waals surface area contributed by atoms with Crippen molar-refractivity contribution in [2.24, 2.45) is 5.92 Å². The highest BCUT2D eigenvalue weighted by Gasteiger charge is 2.16. The second-order valence-corrected chi connectivity index (χ2v) is 6.98. The number of aryl methyl sites for hydroxylation is 1. The zero-order chi connectivity index (χ0) is 12.4. The van der Waals surface area contributed by atoms with Gasteiger partial charge >= 0.3 is 0 Å². The lowest BCUT2D eigenvalue weighted by Gasteiger charge is -2.03. The van der Waals surface area contributed by atoms with Crippen LogP contribution < -0.4 is 5.32 Å². The summed E-state index contributed by atoms with van der Waals surface area (Å²) in [6, 6.07) is 4.00. The monoisotopic (exact) mass is 327 g/mol. The summed E-state index contributed by atoms with van der Waals surface area (Å²) in [7, 11) is 0. The van der Waals surface area contributed by atoms with Gasteiger partial charge in [0.05, 0.1) is 8.66 Å². The van der Waals surface area contributed by atoms with E-state index in [1.54, 1.807) is 11.3 Å². The molecule has 18 heavy (non-hydrogen) atoms. The van der Waals surface area contributed by atoms with Crippen LogP contribution in [0.1, 0.15) is 18.7 Å². The van der Waals surface area contributed by atoms with Gasteiger partial charge in [0.25, 0.3) is 0 Å². The molecule has 1 unspecified atom stereocenters. The average molecular weight is 328 g/mol. The fraction of sp³-hybridized carbons (Fsp3) is 0.500. The Balaban J connectivity index is 1.62. The fourth-order valence-electron chi connectivity index (χ4n) is 2.18. The Morgan fingerprint density at radius 3 is 3.17 bits per heavy atom. The first-order chi connectivity index (χ1) is 8.81. The molecular formula is C12H14BrN3OS. The van der Waals surface area contributed by atoms with Crippen molar-refractivity contribution in [2.45, 2.75) is 19.3 Å². The maximum atomic E-state index is 5.30. The van der Waals surface area contributed by atoms with Crippen molar-refractivity contribution in [1.82, 2.24) is 15.5 Å². The predicted molar refractivity (Wildman–Crippen MR) is 74.6 cm³/mol. The van der Waals surface area contributed by atoms with E-state index in [9.17, 15) is 0 Å². The van der Waals surface area contributed by atoms with E-state index in [1.165, 1.54) is 6.42 Å². The average Bonchev–Trinajstić information content (AvgIpc) is 3.07. The number of hydrogen-bond donors (Lipinski definition) is 1. The Morgan fingerprint density at radius 2 is 2.44 bits per heavy atom. The minimum Gasteiger partial charge on any atom is -0.339 e. The number of thiophene rings is 1. The summed E-state index contributed by atoms with van der Waals surface area (Å²) >= 11 is 5.06. The van der Waals surface area contributed by atoms with E-state index in [1.807, 2.05) is 12.1 Å². The minimum absolute atomic E-state index is 0.699. The van der Waals surface area contributed by atoms with Gasteiger partial charge in [0.2, 0.25) is 11.7 Å². The number of aromatic nitrogens is 2. The minimum atomic E-state index is 0.699. The van der Waals surface area contributed by atoms with Crippen molar-refractivity contribution in [2.75, 3.05) is 13.1 Å². The molecule has 1 N–H and O–H groups in total. The number of nitrogens with zero attached hydrogens (tertiary/aromatic N) is 2. The second kappa shape index (κ2) is 5.50. The molecule has 2 aromatic rings. The molecule has 96 valence electrons. The van der Waals surface area contributed by atoms with Crippen LogP contribution in [-0.4, -0.2) is 23.2 Å². The third-order valence-corrected chi connectivity index (χ3v) is 4.81. The first-order valence-electron chi connectivity index (χ1n) is 6.10. The predicted octanol–water partition coefficient (Wildman–Crippen LogP) is 3.10. The van der Waals surface area contributed by atoms with Crippen molar-refractivity contribution >= 4 is 27.3 Å². The quantitative estimate of drug-likeness (QED) is 0.937. The second-order valence-electron chi connectivity index (χ2n) is 4.51. The molecule has 3 heterocycles. The fourth-order valence-corrected chi connectivity index (χ4v) is 3.49. The van der Waals surface area contributed by atoms with Gasteiger partial charge in [-0.25, -0.2) is 0 Å². The number of hydrogen-bond acceptors (Lipinski definition) is 5. The summed E-state index contributed by atoms with van der Waals surface area (Å²) in [5.74, 6) is 2.21. The summed E-state index contributed by atoms with van der Waals surface area (Å²) < 4.78 is 6.38. The Labute approximate surface area is 118 Å². The molecule has 1 aliphatic heterocycles. The molecule has 0 saturated carbocycles. The Kier molecular flexibility index (Phi) is 3.77. The van der Waals surface area contributed by atoms with Crippen molar-refractivity contribution < 1.29 is 4.52 Å². The van der Waals surface area contributed by atoms with E-state index in [0.29, 0.717) is 5.82 Å². The third-order valence-electron chi connectivity index (χ3n) is 3.19. The van der Waals surface area contributed by atoms with E-state index in [0.717, 1.165) is 46.4 Å². The van der Waals surface area contributed by atoms with Crippen LogP contribution in [0.5, 0.6) is 0 Å². The summed E-state index contributed by atoms with van der Waals surface area (Å²) in [5.41, 5.74) is 0. The molecule has 0 radical (unpaired) electrons. The van der Waals surface area contributed by atoms with Gasteiger partial charge in [0.15, 0.2) is 0 Å². The van der Waals surface area contributed by atoms with Crippen LogP contribution in [0.15, 0.2) is 20.4 Å². The highest BCUT2D eigenvalue weighted by atomic mass is 79.9. The maximum absolute atomic E-state index is 5.30. The molecule has 3 rings (SSSR count). The third kappa shape index (κ3) is 2.81. The van der Waals surface area contributed by atoms with Gasteiger partial charge in [-0.3, -0.25) is 0 Å². The number of rotatable bonds is 4. The van der Waals surface area contributed by atoms with Gasteiger partial charge in [0.1, 0.15) is 0 Å². The van der Waals surface area contributed by atoms with Crippen molar-refractivity contribution in [3.63, 3.8) is 0 Å². The van der Waals surface area contributed by atoms with Crippen LogP contribution >= 0.6 is 27.3 Å². The molecule has 1 fully saturated rings. The Bertz CT molecular complexity index is 519. The smallest absolute Gasteiger partial charge is 0.226 e. The van der Waals surface area contributed by atoms with Gasteiger partial charge in [-0.15, -0.1) is 11.3 Å². The normalized spacial score (nSPS) is 19.5. The van der Waals surface area contributed by atoms with E-state index in [2.05, 4.69) is 31.4 Å². The SMILES string of the molecule is Brc1ccc(-c2noc(CCC3CCNC3)n2)s1. The lowest BCUT2D eigenvalue weighted by atomic mass is 10.0. The number of nitrogens with one attached hydrogen (secondary N) is 1. The molecule has 6 heteroatoms. The molecular weight excluding hydrogens is 314 g/mol. The number of halogens is 1. The van der Waals surface area contributed by atoms with Crippen LogP contribution in [0.25, 0.3) is 10.7 Å². The molecule has 1 saturated heterocycles. The first-order valence-corrected chi connectivity index (χ1v) is 7.71. The van der Waals surface area contributed by atoms with Gasteiger partial charge in [-0.05, 0) is 59.9 Å². The Hall–Kier alpha value is -0.720. The highest BCUT2D eigenvalue weighted by molar-refractivity contribution is 9.11. The molecule has 0 bridgehead atoms. The van der Waals surface area contributed by atoms with Crippen LogP contribution in [0.3, 0.4) is 0 Å². The zero-order valence-electron chi connectivity index (χ0n) is 9.86. The molecule has 0 amide bonds. The van der Waals surface area contributed by atoms with Crippen LogP contribution in [-0.2, 0) is 6.42 Å².